The lowest BCUT2D eigenvalue weighted by atomic mass is 10.1. The van der Waals surface area contributed by atoms with Gasteiger partial charge in [0.15, 0.2) is 5.84 Å². The number of hydrogen-bond acceptors (Lipinski definition) is 3. The number of nitrogens with zero attached hydrogens (tertiary/aromatic N) is 1. The summed E-state index contributed by atoms with van der Waals surface area (Å²) < 4.78 is 0. The van der Waals surface area contributed by atoms with E-state index in [4.69, 9.17) is 22.5 Å². The van der Waals surface area contributed by atoms with Crippen LogP contribution in [0.15, 0.2) is 23.4 Å². The van der Waals surface area contributed by atoms with Crippen molar-refractivity contribution in [3.05, 3.63) is 34.3 Å². The van der Waals surface area contributed by atoms with Crippen LogP contribution in [0.25, 0.3) is 0 Å². The minimum Gasteiger partial charge on any atom is -0.409 e. The average Bonchev–Trinajstić information content (AvgIpc) is 2.29. The predicted molar refractivity (Wildman–Crippen MR) is 75.0 cm³/mol. The highest BCUT2D eigenvalue weighted by molar-refractivity contribution is 7.98. The Bertz CT molecular complexity index is 407. The standard InChI is InChI=1S/C12H17ClN2OS/c1-8(2)6-17-7-10-4-3-9(5-11(10)13)12(14)15-16/h3-5,8,16H,6-7H2,1-2H3,(H2,14,15). The number of amidine groups is 1. The van der Waals surface area contributed by atoms with Crippen LogP contribution < -0.4 is 5.73 Å². The maximum Gasteiger partial charge on any atom is 0.170 e. The van der Waals surface area contributed by atoms with E-state index in [1.165, 1.54) is 0 Å². The highest BCUT2D eigenvalue weighted by atomic mass is 35.5. The van der Waals surface area contributed by atoms with Gasteiger partial charge in [-0.05, 0) is 23.3 Å². The highest BCUT2D eigenvalue weighted by Gasteiger charge is 2.05. The third kappa shape index (κ3) is 4.48. The van der Waals surface area contributed by atoms with Crippen molar-refractivity contribution in [3.63, 3.8) is 0 Å². The van der Waals surface area contributed by atoms with Crippen molar-refractivity contribution >= 4 is 29.2 Å². The van der Waals surface area contributed by atoms with Crippen molar-refractivity contribution in [2.24, 2.45) is 16.8 Å². The molecule has 1 aromatic carbocycles. The molecule has 0 aliphatic rings. The molecule has 0 heterocycles. The van der Waals surface area contributed by atoms with Gasteiger partial charge in [-0.1, -0.05) is 42.7 Å². The van der Waals surface area contributed by atoms with Crippen molar-refractivity contribution in [1.29, 1.82) is 0 Å². The summed E-state index contributed by atoms with van der Waals surface area (Å²) in [6, 6.07) is 5.46. The molecule has 3 nitrogen and oxygen atoms in total. The Kier molecular flexibility index (Phi) is 5.65. The molecule has 0 saturated carbocycles. The van der Waals surface area contributed by atoms with Gasteiger partial charge >= 0.3 is 0 Å². The van der Waals surface area contributed by atoms with Gasteiger partial charge in [0.25, 0.3) is 0 Å². The lowest BCUT2D eigenvalue weighted by Crippen LogP contribution is -2.13. The molecule has 0 aromatic heterocycles. The second-order valence-electron chi connectivity index (χ2n) is 4.20. The summed E-state index contributed by atoms with van der Waals surface area (Å²) >= 11 is 7.99. The van der Waals surface area contributed by atoms with Gasteiger partial charge in [-0.2, -0.15) is 11.8 Å². The first-order chi connectivity index (χ1) is 8.04. The summed E-state index contributed by atoms with van der Waals surface area (Å²) in [6.45, 7) is 4.38. The zero-order valence-corrected chi connectivity index (χ0v) is 11.6. The van der Waals surface area contributed by atoms with Gasteiger partial charge in [0.05, 0.1) is 0 Å². The fraction of sp³-hybridized carbons (Fsp3) is 0.417. The van der Waals surface area contributed by atoms with Gasteiger partial charge in [0.2, 0.25) is 0 Å². The molecular weight excluding hydrogens is 256 g/mol. The molecule has 94 valence electrons. The fourth-order valence-corrected chi connectivity index (χ4v) is 2.67. The second kappa shape index (κ2) is 6.77. The topological polar surface area (TPSA) is 58.6 Å². The average molecular weight is 273 g/mol. The van der Waals surface area contributed by atoms with Crippen LogP contribution in [0.2, 0.25) is 5.02 Å². The summed E-state index contributed by atoms with van der Waals surface area (Å²) in [5.74, 6) is 2.75. The fourth-order valence-electron chi connectivity index (χ4n) is 1.29. The number of halogens is 1. The smallest absolute Gasteiger partial charge is 0.170 e. The first-order valence-electron chi connectivity index (χ1n) is 5.38. The van der Waals surface area contributed by atoms with Crippen molar-refractivity contribution in [2.45, 2.75) is 19.6 Å². The van der Waals surface area contributed by atoms with E-state index in [2.05, 4.69) is 19.0 Å². The number of hydrogen-bond donors (Lipinski definition) is 2. The minimum atomic E-state index is 0.0771. The van der Waals surface area contributed by atoms with Crippen LogP contribution in [0.5, 0.6) is 0 Å². The number of benzene rings is 1. The molecule has 0 aliphatic heterocycles. The van der Waals surface area contributed by atoms with E-state index < -0.39 is 0 Å². The molecule has 1 rings (SSSR count). The van der Waals surface area contributed by atoms with Gasteiger partial charge in [0.1, 0.15) is 0 Å². The summed E-state index contributed by atoms with van der Waals surface area (Å²) in [5.41, 5.74) is 7.20. The molecule has 0 spiro atoms. The third-order valence-corrected chi connectivity index (χ3v) is 3.93. The van der Waals surface area contributed by atoms with Gasteiger partial charge in [0, 0.05) is 16.3 Å². The third-order valence-electron chi connectivity index (χ3n) is 2.17. The van der Waals surface area contributed by atoms with Crippen LogP contribution in [-0.4, -0.2) is 16.8 Å². The summed E-state index contributed by atoms with van der Waals surface area (Å²) in [7, 11) is 0. The lowest BCUT2D eigenvalue weighted by Gasteiger charge is -2.07. The Hall–Kier alpha value is -0.870. The van der Waals surface area contributed by atoms with E-state index in [9.17, 15) is 0 Å². The molecule has 0 fully saturated rings. The number of oxime groups is 1. The largest absolute Gasteiger partial charge is 0.409 e. The normalized spacial score (nSPS) is 12.1. The molecular formula is C12H17ClN2OS. The van der Waals surface area contributed by atoms with Gasteiger partial charge in [-0.15, -0.1) is 0 Å². The van der Waals surface area contributed by atoms with Gasteiger partial charge in [-0.25, -0.2) is 0 Å². The minimum absolute atomic E-state index is 0.0771. The van der Waals surface area contributed by atoms with E-state index >= 15 is 0 Å². The molecule has 0 aliphatic carbocycles. The van der Waals surface area contributed by atoms with E-state index in [0.29, 0.717) is 16.5 Å². The second-order valence-corrected chi connectivity index (χ2v) is 5.64. The number of thioether (sulfide) groups is 1. The van der Waals surface area contributed by atoms with Crippen LogP contribution in [0.1, 0.15) is 25.0 Å². The van der Waals surface area contributed by atoms with Crippen molar-refractivity contribution < 1.29 is 5.21 Å². The van der Waals surface area contributed by atoms with E-state index in [0.717, 1.165) is 17.1 Å². The molecule has 3 N–H and O–H groups in total. The lowest BCUT2D eigenvalue weighted by molar-refractivity contribution is 0.318. The van der Waals surface area contributed by atoms with Crippen LogP contribution in [0.3, 0.4) is 0 Å². The molecule has 0 radical (unpaired) electrons. The van der Waals surface area contributed by atoms with Crippen LogP contribution in [0, 0.1) is 5.92 Å². The van der Waals surface area contributed by atoms with Crippen molar-refractivity contribution in [3.8, 4) is 0 Å². The summed E-state index contributed by atoms with van der Waals surface area (Å²) in [6.07, 6.45) is 0. The quantitative estimate of drug-likeness (QED) is 0.374. The maximum atomic E-state index is 8.57. The molecule has 1 aromatic rings. The Balaban J connectivity index is 2.70. The predicted octanol–water partition coefficient (Wildman–Crippen LogP) is 3.32. The zero-order valence-electron chi connectivity index (χ0n) is 9.98. The van der Waals surface area contributed by atoms with Crippen molar-refractivity contribution in [2.75, 3.05) is 5.75 Å². The molecule has 0 saturated heterocycles. The zero-order chi connectivity index (χ0) is 12.8. The Morgan fingerprint density at radius 2 is 2.24 bits per heavy atom. The first-order valence-corrected chi connectivity index (χ1v) is 6.92. The van der Waals surface area contributed by atoms with Gasteiger partial charge < -0.3 is 10.9 Å². The first kappa shape index (κ1) is 14.2. The number of nitrogens with two attached hydrogens (primary N) is 1. The number of rotatable bonds is 5. The van der Waals surface area contributed by atoms with E-state index in [-0.39, 0.29) is 5.84 Å². The molecule has 5 heteroatoms. The SMILES string of the molecule is CC(C)CSCc1ccc(/C(N)=N/O)cc1Cl. The van der Waals surface area contributed by atoms with Crippen molar-refractivity contribution in [1.82, 2.24) is 0 Å². The van der Waals surface area contributed by atoms with Crippen LogP contribution in [0.4, 0.5) is 0 Å². The Morgan fingerprint density at radius 3 is 2.76 bits per heavy atom. The summed E-state index contributed by atoms with van der Waals surface area (Å²) in [5, 5.41) is 12.2. The van der Waals surface area contributed by atoms with Crippen LogP contribution >= 0.6 is 23.4 Å². The molecule has 0 atom stereocenters. The highest BCUT2D eigenvalue weighted by Crippen LogP contribution is 2.23. The molecule has 0 unspecified atom stereocenters. The molecule has 0 amide bonds. The Morgan fingerprint density at radius 1 is 1.53 bits per heavy atom. The van der Waals surface area contributed by atoms with E-state index in [1.807, 2.05) is 23.9 Å². The monoisotopic (exact) mass is 272 g/mol. The molecule has 0 bridgehead atoms. The summed E-state index contributed by atoms with van der Waals surface area (Å²) in [4.78, 5) is 0. The van der Waals surface area contributed by atoms with Gasteiger partial charge in [-0.3, -0.25) is 0 Å². The van der Waals surface area contributed by atoms with Crippen LogP contribution in [-0.2, 0) is 5.75 Å². The molecule has 17 heavy (non-hydrogen) atoms. The van der Waals surface area contributed by atoms with E-state index in [1.54, 1.807) is 6.07 Å². The maximum absolute atomic E-state index is 8.57. The Labute approximate surface area is 111 Å².